The van der Waals surface area contributed by atoms with Gasteiger partial charge in [-0.2, -0.15) is 0 Å². The number of hydrogen-bond acceptors (Lipinski definition) is 5. The highest BCUT2D eigenvalue weighted by Crippen LogP contribution is 2.32. The van der Waals surface area contributed by atoms with Crippen molar-refractivity contribution in [1.29, 1.82) is 0 Å². The van der Waals surface area contributed by atoms with Gasteiger partial charge in [0.05, 0.1) is 0 Å². The molecule has 0 radical (unpaired) electrons. The summed E-state index contributed by atoms with van der Waals surface area (Å²) in [5.74, 6) is 0.0436. The molecular formula is C17H24N2O5. The second kappa shape index (κ2) is 9.77. The molecule has 0 spiro atoms. The predicted octanol–water partition coefficient (Wildman–Crippen LogP) is 1.35. The first kappa shape index (κ1) is 18.1. The number of fused-ring (bicyclic) bond motifs is 1. The second-order valence-corrected chi connectivity index (χ2v) is 5.45. The Morgan fingerprint density at radius 3 is 2.67 bits per heavy atom. The standard InChI is InChI=1S/C17H24N2O5/c1-2-3-8-22-9-4-7-18-16(20)17(21)19-11-13-5-6-14-15(10-13)24-12-23-14/h5-6,10H,2-4,7-9,11-12H2,1H3,(H,18,20)(H,19,21). The average Bonchev–Trinajstić information content (AvgIpc) is 3.06. The van der Waals surface area contributed by atoms with E-state index < -0.39 is 11.8 Å². The topological polar surface area (TPSA) is 85.9 Å². The quantitative estimate of drug-likeness (QED) is 0.525. The second-order valence-electron chi connectivity index (χ2n) is 5.45. The Bertz CT molecular complexity index is 562. The number of carbonyl (C=O) groups excluding carboxylic acids is 2. The van der Waals surface area contributed by atoms with E-state index in [0.717, 1.165) is 25.0 Å². The van der Waals surface area contributed by atoms with E-state index in [4.69, 9.17) is 14.2 Å². The summed E-state index contributed by atoms with van der Waals surface area (Å²) >= 11 is 0. The third kappa shape index (κ3) is 5.73. The molecule has 0 aromatic heterocycles. The highest BCUT2D eigenvalue weighted by atomic mass is 16.7. The van der Waals surface area contributed by atoms with Gasteiger partial charge in [0.15, 0.2) is 11.5 Å². The molecule has 0 atom stereocenters. The molecule has 1 aliphatic rings. The van der Waals surface area contributed by atoms with Crippen molar-refractivity contribution >= 4 is 11.8 Å². The maximum Gasteiger partial charge on any atom is 0.309 e. The van der Waals surface area contributed by atoms with Crippen molar-refractivity contribution in [2.45, 2.75) is 32.7 Å². The Kier molecular flexibility index (Phi) is 7.35. The summed E-state index contributed by atoms with van der Waals surface area (Å²) in [6.07, 6.45) is 2.82. The summed E-state index contributed by atoms with van der Waals surface area (Å²) in [7, 11) is 0. The molecule has 7 heteroatoms. The normalized spacial score (nSPS) is 12.0. The first-order chi connectivity index (χ1) is 11.7. The van der Waals surface area contributed by atoms with Crippen LogP contribution in [0.2, 0.25) is 0 Å². The lowest BCUT2D eigenvalue weighted by Crippen LogP contribution is -2.40. The van der Waals surface area contributed by atoms with E-state index in [1.54, 1.807) is 12.1 Å². The Balaban J connectivity index is 1.60. The SMILES string of the molecule is CCCCOCCCNC(=O)C(=O)NCc1ccc2c(c1)OCO2. The van der Waals surface area contributed by atoms with Gasteiger partial charge >= 0.3 is 11.8 Å². The number of hydrogen-bond donors (Lipinski definition) is 2. The van der Waals surface area contributed by atoms with Gasteiger partial charge in [-0.15, -0.1) is 0 Å². The van der Waals surface area contributed by atoms with Crippen LogP contribution < -0.4 is 20.1 Å². The fourth-order valence-corrected chi connectivity index (χ4v) is 2.12. The Labute approximate surface area is 141 Å². The molecule has 24 heavy (non-hydrogen) atoms. The number of carbonyl (C=O) groups is 2. The summed E-state index contributed by atoms with van der Waals surface area (Å²) in [6.45, 7) is 4.30. The van der Waals surface area contributed by atoms with Gasteiger partial charge in [-0.1, -0.05) is 19.4 Å². The van der Waals surface area contributed by atoms with Crippen molar-refractivity contribution in [1.82, 2.24) is 10.6 Å². The Morgan fingerprint density at radius 2 is 1.83 bits per heavy atom. The van der Waals surface area contributed by atoms with Gasteiger partial charge in [0.25, 0.3) is 0 Å². The highest BCUT2D eigenvalue weighted by molar-refractivity contribution is 6.35. The first-order valence-electron chi connectivity index (χ1n) is 8.23. The maximum absolute atomic E-state index is 11.7. The molecule has 7 nitrogen and oxygen atoms in total. The van der Waals surface area contributed by atoms with Gasteiger partial charge in [-0.05, 0) is 30.5 Å². The van der Waals surface area contributed by atoms with Crippen LogP contribution in [-0.2, 0) is 20.9 Å². The van der Waals surface area contributed by atoms with Crippen LogP contribution in [-0.4, -0.2) is 38.4 Å². The fourth-order valence-electron chi connectivity index (χ4n) is 2.12. The van der Waals surface area contributed by atoms with Crippen LogP contribution >= 0.6 is 0 Å². The molecule has 0 saturated carbocycles. The minimum atomic E-state index is -0.653. The number of unbranched alkanes of at least 4 members (excludes halogenated alkanes) is 1. The minimum Gasteiger partial charge on any atom is -0.454 e. The van der Waals surface area contributed by atoms with Crippen LogP contribution in [0.1, 0.15) is 31.7 Å². The van der Waals surface area contributed by atoms with E-state index in [2.05, 4.69) is 17.6 Å². The summed E-state index contributed by atoms with van der Waals surface area (Å²) in [4.78, 5) is 23.4. The zero-order valence-electron chi connectivity index (χ0n) is 13.9. The van der Waals surface area contributed by atoms with E-state index in [0.29, 0.717) is 31.1 Å². The third-order valence-electron chi connectivity index (χ3n) is 3.49. The number of rotatable bonds is 9. The molecule has 0 saturated heterocycles. The van der Waals surface area contributed by atoms with Crippen LogP contribution in [0.3, 0.4) is 0 Å². The van der Waals surface area contributed by atoms with E-state index in [-0.39, 0.29) is 13.3 Å². The van der Waals surface area contributed by atoms with Gasteiger partial charge < -0.3 is 24.8 Å². The number of amides is 2. The van der Waals surface area contributed by atoms with E-state index in [9.17, 15) is 9.59 Å². The first-order valence-corrected chi connectivity index (χ1v) is 8.23. The molecule has 0 bridgehead atoms. The number of ether oxygens (including phenoxy) is 3. The van der Waals surface area contributed by atoms with Crippen LogP contribution in [0.5, 0.6) is 11.5 Å². The lowest BCUT2D eigenvalue weighted by molar-refractivity contribution is -0.139. The minimum absolute atomic E-state index is 0.204. The number of nitrogens with one attached hydrogen (secondary N) is 2. The highest BCUT2D eigenvalue weighted by Gasteiger charge is 2.15. The van der Waals surface area contributed by atoms with Crippen molar-refractivity contribution in [3.05, 3.63) is 23.8 Å². The van der Waals surface area contributed by atoms with Crippen LogP contribution in [0, 0.1) is 0 Å². The molecule has 1 aromatic rings. The number of benzene rings is 1. The molecule has 132 valence electrons. The zero-order valence-corrected chi connectivity index (χ0v) is 13.9. The van der Waals surface area contributed by atoms with Gasteiger partial charge in [0.1, 0.15) is 0 Å². The van der Waals surface area contributed by atoms with Gasteiger partial charge in [0.2, 0.25) is 6.79 Å². The van der Waals surface area contributed by atoms with Crippen molar-refractivity contribution in [3.8, 4) is 11.5 Å². The molecule has 2 N–H and O–H groups in total. The monoisotopic (exact) mass is 336 g/mol. The van der Waals surface area contributed by atoms with Gasteiger partial charge in [-0.25, -0.2) is 0 Å². The lowest BCUT2D eigenvalue weighted by Gasteiger charge is -2.07. The molecular weight excluding hydrogens is 312 g/mol. The largest absolute Gasteiger partial charge is 0.454 e. The molecule has 1 heterocycles. The lowest BCUT2D eigenvalue weighted by atomic mass is 10.2. The Morgan fingerprint density at radius 1 is 1.08 bits per heavy atom. The summed E-state index contributed by atoms with van der Waals surface area (Å²) in [6, 6.07) is 5.38. The van der Waals surface area contributed by atoms with Crippen LogP contribution in [0.15, 0.2) is 18.2 Å². The zero-order chi connectivity index (χ0) is 17.2. The summed E-state index contributed by atoms with van der Waals surface area (Å²) in [5.41, 5.74) is 0.838. The van der Waals surface area contributed by atoms with Gasteiger partial charge in [-0.3, -0.25) is 9.59 Å². The third-order valence-corrected chi connectivity index (χ3v) is 3.49. The molecule has 1 aromatic carbocycles. The van der Waals surface area contributed by atoms with Crippen molar-refractivity contribution in [2.24, 2.45) is 0 Å². The molecule has 0 fully saturated rings. The van der Waals surface area contributed by atoms with E-state index >= 15 is 0 Å². The summed E-state index contributed by atoms with van der Waals surface area (Å²) < 4.78 is 15.9. The van der Waals surface area contributed by atoms with Crippen molar-refractivity contribution in [2.75, 3.05) is 26.6 Å². The molecule has 0 aliphatic carbocycles. The Hall–Kier alpha value is -2.28. The fraction of sp³-hybridized carbons (Fsp3) is 0.529. The smallest absolute Gasteiger partial charge is 0.309 e. The maximum atomic E-state index is 11.7. The van der Waals surface area contributed by atoms with E-state index in [1.165, 1.54) is 0 Å². The molecule has 2 amide bonds. The predicted molar refractivity (Wildman–Crippen MR) is 87.8 cm³/mol. The van der Waals surface area contributed by atoms with Crippen LogP contribution in [0.4, 0.5) is 0 Å². The molecule has 1 aliphatic heterocycles. The van der Waals surface area contributed by atoms with E-state index in [1.807, 2.05) is 6.07 Å². The average molecular weight is 336 g/mol. The van der Waals surface area contributed by atoms with Gasteiger partial charge in [0, 0.05) is 26.3 Å². The van der Waals surface area contributed by atoms with Crippen LogP contribution in [0.25, 0.3) is 0 Å². The van der Waals surface area contributed by atoms with Crippen molar-refractivity contribution in [3.63, 3.8) is 0 Å². The molecule has 2 rings (SSSR count). The summed E-state index contributed by atoms with van der Waals surface area (Å²) in [5, 5.41) is 5.16. The molecule has 0 unspecified atom stereocenters. The van der Waals surface area contributed by atoms with Crippen molar-refractivity contribution < 1.29 is 23.8 Å².